The highest BCUT2D eigenvalue weighted by Gasteiger charge is 2.43. The molecule has 1 aromatic carbocycles. The van der Waals surface area contributed by atoms with E-state index in [2.05, 4.69) is 5.43 Å². The van der Waals surface area contributed by atoms with E-state index in [0.29, 0.717) is 25.1 Å². The first-order valence-electron chi connectivity index (χ1n) is 12.4. The standard InChI is InChI=1S/C26H37N4O5/c1-18(2)15-21(23(32)24-27-30(16-19(3)4)26(34)35-24)29(25(33)28-13-9-6-10-14-28)17-22(31)20-11-7-5-8-12-20/h5,7-8,11-13,18-19,21,24,27H,6,9-10,14-17H2,1-4H3/t21-,24?/m0/s1. The van der Waals surface area contributed by atoms with E-state index >= 15 is 0 Å². The number of urea groups is 1. The van der Waals surface area contributed by atoms with Gasteiger partial charge in [-0.3, -0.25) is 9.59 Å². The lowest BCUT2D eigenvalue weighted by Crippen LogP contribution is -2.57. The van der Waals surface area contributed by atoms with Crippen LogP contribution in [-0.4, -0.2) is 70.4 Å². The summed E-state index contributed by atoms with van der Waals surface area (Å²) in [5, 5.41) is 1.29. The highest BCUT2D eigenvalue weighted by Crippen LogP contribution is 2.23. The van der Waals surface area contributed by atoms with E-state index in [-0.39, 0.29) is 30.2 Å². The lowest BCUT2D eigenvalue weighted by Gasteiger charge is -2.37. The zero-order valence-electron chi connectivity index (χ0n) is 21.1. The molecule has 0 bridgehead atoms. The monoisotopic (exact) mass is 485 g/mol. The summed E-state index contributed by atoms with van der Waals surface area (Å²) < 4.78 is 5.35. The van der Waals surface area contributed by atoms with Crippen molar-refractivity contribution in [1.29, 1.82) is 0 Å². The van der Waals surface area contributed by atoms with Crippen LogP contribution in [0.1, 0.15) is 63.7 Å². The van der Waals surface area contributed by atoms with Crippen molar-refractivity contribution in [2.45, 2.75) is 65.6 Å². The fourth-order valence-corrected chi connectivity index (χ4v) is 4.30. The Hall–Kier alpha value is -2.94. The number of cyclic esters (lactones) is 1. The number of nitrogens with one attached hydrogen (secondary N) is 1. The predicted octanol–water partition coefficient (Wildman–Crippen LogP) is 3.86. The molecule has 9 nitrogen and oxygen atoms in total. The van der Waals surface area contributed by atoms with Crippen molar-refractivity contribution in [1.82, 2.24) is 20.2 Å². The number of hydrazine groups is 1. The Bertz CT molecular complexity index is 898. The topological polar surface area (TPSA) is 99.3 Å². The molecule has 2 aliphatic heterocycles. The first-order valence-corrected chi connectivity index (χ1v) is 12.4. The summed E-state index contributed by atoms with van der Waals surface area (Å²) in [7, 11) is 0. The molecule has 2 aliphatic rings. The van der Waals surface area contributed by atoms with Gasteiger partial charge in [-0.05, 0) is 37.5 Å². The van der Waals surface area contributed by atoms with E-state index < -0.39 is 24.1 Å². The van der Waals surface area contributed by atoms with Gasteiger partial charge in [-0.2, -0.15) is 5.43 Å². The molecule has 1 aromatic rings. The summed E-state index contributed by atoms with van der Waals surface area (Å²) in [5.41, 5.74) is 3.32. The molecule has 9 heteroatoms. The van der Waals surface area contributed by atoms with E-state index in [4.69, 9.17) is 4.74 Å². The SMILES string of the molecule is CC(C)C[C@@H](C(=O)C1NN(CC(C)C)C(=O)O1)N(CC(=O)c1ccccc1)C(=O)N1[CH]CCCC1. The van der Waals surface area contributed by atoms with Crippen molar-refractivity contribution in [3.8, 4) is 0 Å². The summed E-state index contributed by atoms with van der Waals surface area (Å²) in [6, 6.07) is 7.42. The lowest BCUT2D eigenvalue weighted by molar-refractivity contribution is -0.132. The molecular formula is C26H37N4O5. The van der Waals surface area contributed by atoms with Gasteiger partial charge in [0.1, 0.15) is 0 Å². The van der Waals surface area contributed by atoms with Crippen molar-refractivity contribution in [2.75, 3.05) is 19.6 Å². The van der Waals surface area contributed by atoms with Gasteiger partial charge in [0.2, 0.25) is 12.0 Å². The molecule has 1 unspecified atom stereocenters. The number of hydrogen-bond donors (Lipinski definition) is 1. The molecule has 0 saturated carbocycles. The maximum absolute atomic E-state index is 13.7. The van der Waals surface area contributed by atoms with Gasteiger partial charge >= 0.3 is 12.1 Å². The molecule has 1 radical (unpaired) electrons. The number of likely N-dealkylation sites (tertiary alicyclic amines) is 1. The van der Waals surface area contributed by atoms with Gasteiger partial charge in [0, 0.05) is 18.7 Å². The molecule has 2 atom stereocenters. The van der Waals surface area contributed by atoms with Gasteiger partial charge < -0.3 is 14.5 Å². The van der Waals surface area contributed by atoms with Gasteiger partial charge in [-0.15, -0.1) is 0 Å². The zero-order valence-corrected chi connectivity index (χ0v) is 21.1. The van der Waals surface area contributed by atoms with Crippen LogP contribution in [0.3, 0.4) is 0 Å². The summed E-state index contributed by atoms with van der Waals surface area (Å²) in [6.07, 6.45) is 1.12. The molecule has 2 fully saturated rings. The van der Waals surface area contributed by atoms with Gasteiger partial charge in [0.25, 0.3) is 0 Å². The largest absolute Gasteiger partial charge is 0.426 e. The summed E-state index contributed by atoms with van der Waals surface area (Å²) in [4.78, 5) is 55.8. The molecule has 3 rings (SSSR count). The van der Waals surface area contributed by atoms with Crippen molar-refractivity contribution in [3.05, 3.63) is 42.4 Å². The van der Waals surface area contributed by atoms with Crippen LogP contribution >= 0.6 is 0 Å². The number of amides is 3. The molecule has 1 N–H and O–H groups in total. The molecule has 2 heterocycles. The molecule has 191 valence electrons. The van der Waals surface area contributed by atoms with Crippen molar-refractivity contribution >= 4 is 23.7 Å². The van der Waals surface area contributed by atoms with Gasteiger partial charge in [0.15, 0.2) is 5.78 Å². The number of ether oxygens (including phenoxy) is 1. The van der Waals surface area contributed by atoms with Gasteiger partial charge in [-0.25, -0.2) is 14.6 Å². The van der Waals surface area contributed by atoms with Crippen LogP contribution in [0.25, 0.3) is 0 Å². The minimum atomic E-state index is -1.21. The highest BCUT2D eigenvalue weighted by molar-refractivity contribution is 6.01. The van der Waals surface area contributed by atoms with Crippen molar-refractivity contribution in [3.63, 3.8) is 0 Å². The number of piperidine rings is 1. The molecule has 3 amide bonds. The van der Waals surface area contributed by atoms with Crippen LogP contribution in [0.15, 0.2) is 30.3 Å². The fraction of sp³-hybridized carbons (Fsp3) is 0.577. The normalized spacial score (nSPS) is 19.1. The number of Topliss-reactive ketones (excluding diaryl/α,β-unsaturated/α-hetero) is 2. The van der Waals surface area contributed by atoms with Crippen molar-refractivity contribution in [2.24, 2.45) is 11.8 Å². The third-order valence-corrected chi connectivity index (χ3v) is 6.02. The Kier molecular flexibility index (Phi) is 9.26. The average Bonchev–Trinajstić information content (AvgIpc) is 3.20. The Morgan fingerprint density at radius 3 is 2.40 bits per heavy atom. The molecule has 0 spiro atoms. The Morgan fingerprint density at radius 2 is 1.80 bits per heavy atom. The quantitative estimate of drug-likeness (QED) is 0.505. The van der Waals surface area contributed by atoms with Crippen LogP contribution in [0, 0.1) is 18.4 Å². The van der Waals surface area contributed by atoms with Gasteiger partial charge in [-0.1, -0.05) is 58.0 Å². The number of rotatable bonds is 10. The number of benzene rings is 1. The Balaban J connectivity index is 1.89. The maximum Gasteiger partial charge on any atom is 0.426 e. The van der Waals surface area contributed by atoms with E-state index in [1.54, 1.807) is 29.2 Å². The highest BCUT2D eigenvalue weighted by atomic mass is 16.6. The van der Waals surface area contributed by atoms with Crippen LogP contribution in [-0.2, 0) is 9.53 Å². The van der Waals surface area contributed by atoms with E-state index in [0.717, 1.165) is 19.3 Å². The third kappa shape index (κ3) is 7.04. The van der Waals surface area contributed by atoms with Crippen LogP contribution < -0.4 is 5.43 Å². The van der Waals surface area contributed by atoms with E-state index in [1.165, 1.54) is 9.91 Å². The predicted molar refractivity (Wildman–Crippen MR) is 131 cm³/mol. The second-order valence-electron chi connectivity index (χ2n) is 10.0. The summed E-state index contributed by atoms with van der Waals surface area (Å²) >= 11 is 0. The van der Waals surface area contributed by atoms with Crippen LogP contribution in [0.4, 0.5) is 9.59 Å². The van der Waals surface area contributed by atoms with E-state index in [9.17, 15) is 19.2 Å². The fourth-order valence-electron chi connectivity index (χ4n) is 4.30. The first kappa shape index (κ1) is 26.7. The number of hydrogen-bond acceptors (Lipinski definition) is 6. The molecule has 0 aliphatic carbocycles. The zero-order chi connectivity index (χ0) is 25.5. The van der Waals surface area contributed by atoms with Gasteiger partial charge in [0.05, 0.1) is 19.1 Å². The Labute approximate surface area is 207 Å². The second-order valence-corrected chi connectivity index (χ2v) is 10.0. The second kappa shape index (κ2) is 12.2. The van der Waals surface area contributed by atoms with E-state index in [1.807, 2.05) is 40.3 Å². The van der Waals surface area contributed by atoms with Crippen molar-refractivity contribution < 1.29 is 23.9 Å². The number of nitrogens with zero attached hydrogens (tertiary/aromatic N) is 3. The minimum absolute atomic E-state index is 0.0558. The van der Waals surface area contributed by atoms with Crippen LogP contribution in [0.5, 0.6) is 0 Å². The number of carbonyl (C=O) groups is 4. The average molecular weight is 486 g/mol. The number of ketones is 2. The lowest BCUT2D eigenvalue weighted by atomic mass is 9.97. The minimum Gasteiger partial charge on any atom is -0.420 e. The molecular weight excluding hydrogens is 448 g/mol. The third-order valence-electron chi connectivity index (χ3n) is 6.02. The summed E-state index contributed by atoms with van der Waals surface area (Å²) in [6.45, 7) is 10.3. The van der Waals surface area contributed by atoms with Crippen LogP contribution in [0.2, 0.25) is 0 Å². The number of carbonyl (C=O) groups excluding carboxylic acids is 4. The molecule has 0 aromatic heterocycles. The molecule has 2 saturated heterocycles. The maximum atomic E-state index is 13.7. The Morgan fingerprint density at radius 1 is 1.09 bits per heavy atom. The summed E-state index contributed by atoms with van der Waals surface area (Å²) in [5.74, 6) is -0.466. The smallest absolute Gasteiger partial charge is 0.420 e. The molecule has 35 heavy (non-hydrogen) atoms. The first-order chi connectivity index (χ1) is 16.7.